The van der Waals surface area contributed by atoms with Gasteiger partial charge in [0, 0.05) is 12.0 Å². The Kier molecular flexibility index (Phi) is 3.25. The lowest BCUT2D eigenvalue weighted by molar-refractivity contribution is -0.227. The minimum absolute atomic E-state index is 0.113. The van der Waals surface area contributed by atoms with Crippen LogP contribution in [0.5, 0.6) is 0 Å². The molecule has 5 aliphatic carbocycles. The van der Waals surface area contributed by atoms with Crippen LogP contribution in [0.2, 0.25) is 0 Å². The van der Waals surface area contributed by atoms with Crippen molar-refractivity contribution in [3.05, 3.63) is 0 Å². The third-order valence-corrected chi connectivity index (χ3v) is 7.99. The Hall–Kier alpha value is -0.0800. The van der Waals surface area contributed by atoms with E-state index in [9.17, 15) is 10.2 Å². The van der Waals surface area contributed by atoms with Gasteiger partial charge in [0.15, 0.2) is 0 Å². The van der Waals surface area contributed by atoms with E-state index >= 15 is 0 Å². The first-order valence-electron chi connectivity index (χ1n) is 9.32. The summed E-state index contributed by atoms with van der Waals surface area (Å²) in [5.74, 6) is 2.04. The van der Waals surface area contributed by atoms with E-state index in [1.807, 2.05) is 0 Å². The maximum Gasteiger partial charge on any atom is 0.0704 e. The topological polar surface area (TPSA) is 40.5 Å². The average Bonchev–Trinajstić information content (AvgIpc) is 2.47. The number of aliphatic hydroxyl groups excluding tert-OH is 1. The number of aliphatic hydroxyl groups is 2. The van der Waals surface area contributed by atoms with Crippen molar-refractivity contribution in [1.29, 1.82) is 0 Å². The highest BCUT2D eigenvalue weighted by Crippen LogP contribution is 2.69. The van der Waals surface area contributed by atoms with Crippen molar-refractivity contribution in [3.63, 3.8) is 0 Å². The zero-order valence-electron chi connectivity index (χ0n) is 13.6. The molecule has 2 nitrogen and oxygen atoms in total. The van der Waals surface area contributed by atoms with E-state index in [0.29, 0.717) is 12.5 Å². The van der Waals surface area contributed by atoms with Crippen molar-refractivity contribution in [1.82, 2.24) is 0 Å². The zero-order valence-corrected chi connectivity index (χ0v) is 13.6. The van der Waals surface area contributed by atoms with Gasteiger partial charge in [-0.25, -0.2) is 0 Å². The average molecular weight is 292 g/mol. The summed E-state index contributed by atoms with van der Waals surface area (Å²) in [6.45, 7) is 2.52. The minimum Gasteiger partial charge on any atom is -0.396 e. The van der Waals surface area contributed by atoms with Crippen LogP contribution in [-0.4, -0.2) is 22.4 Å². The standard InChI is InChI=1S/C19H32O2/c1-17(21,16-5-3-2-4-6-16)19-10-14-7-15(11-19)9-18(8-14,12-19)13-20/h14-16,20-21H,2-13H2,1H3. The molecule has 3 unspecified atom stereocenters. The molecule has 21 heavy (non-hydrogen) atoms. The van der Waals surface area contributed by atoms with Crippen LogP contribution in [0.1, 0.15) is 77.6 Å². The van der Waals surface area contributed by atoms with Gasteiger partial charge in [0.05, 0.1) is 5.60 Å². The van der Waals surface area contributed by atoms with E-state index in [2.05, 4.69) is 6.92 Å². The first-order valence-corrected chi connectivity index (χ1v) is 9.32. The van der Waals surface area contributed by atoms with Gasteiger partial charge >= 0.3 is 0 Å². The molecule has 5 aliphatic rings. The predicted molar refractivity (Wildman–Crippen MR) is 83.8 cm³/mol. The molecule has 0 aromatic carbocycles. The molecular weight excluding hydrogens is 260 g/mol. The molecule has 5 fully saturated rings. The highest BCUT2D eigenvalue weighted by molar-refractivity contribution is 5.14. The Labute approximate surface area is 129 Å². The molecule has 5 rings (SSSR count). The van der Waals surface area contributed by atoms with Crippen LogP contribution in [0, 0.1) is 28.6 Å². The van der Waals surface area contributed by atoms with Gasteiger partial charge in [-0.2, -0.15) is 0 Å². The van der Waals surface area contributed by atoms with Gasteiger partial charge in [0.25, 0.3) is 0 Å². The molecule has 0 amide bonds. The summed E-state index contributed by atoms with van der Waals surface area (Å²) in [5.41, 5.74) is -0.240. The van der Waals surface area contributed by atoms with E-state index < -0.39 is 5.60 Å². The Balaban J connectivity index is 1.66. The Morgan fingerprint density at radius 1 is 1.00 bits per heavy atom. The van der Waals surface area contributed by atoms with E-state index in [1.54, 1.807) is 0 Å². The van der Waals surface area contributed by atoms with Crippen molar-refractivity contribution in [2.45, 2.75) is 83.2 Å². The molecule has 0 saturated heterocycles. The van der Waals surface area contributed by atoms with Crippen LogP contribution in [-0.2, 0) is 0 Å². The summed E-state index contributed by atoms with van der Waals surface area (Å²) in [5, 5.41) is 21.7. The maximum absolute atomic E-state index is 11.6. The number of hydrogen-bond acceptors (Lipinski definition) is 2. The fourth-order valence-electron chi connectivity index (χ4n) is 7.33. The summed E-state index contributed by atoms with van der Waals surface area (Å²) in [7, 11) is 0. The molecule has 5 saturated carbocycles. The van der Waals surface area contributed by atoms with Gasteiger partial charge in [-0.1, -0.05) is 19.3 Å². The van der Waals surface area contributed by atoms with E-state index in [1.165, 1.54) is 64.2 Å². The molecular formula is C19H32O2. The molecule has 0 radical (unpaired) electrons. The smallest absolute Gasteiger partial charge is 0.0704 e. The predicted octanol–water partition coefficient (Wildman–Crippen LogP) is 3.90. The second-order valence-electron chi connectivity index (χ2n) is 9.38. The summed E-state index contributed by atoms with van der Waals surface area (Å²) >= 11 is 0. The first-order chi connectivity index (χ1) is 9.99. The lowest BCUT2D eigenvalue weighted by Gasteiger charge is -2.67. The van der Waals surface area contributed by atoms with Crippen molar-refractivity contribution in [3.8, 4) is 0 Å². The largest absolute Gasteiger partial charge is 0.396 e. The molecule has 0 aliphatic heterocycles. The lowest BCUT2D eigenvalue weighted by Crippen LogP contribution is -2.63. The van der Waals surface area contributed by atoms with Crippen molar-refractivity contribution >= 4 is 0 Å². The number of hydrogen-bond donors (Lipinski definition) is 2. The third-order valence-electron chi connectivity index (χ3n) is 7.99. The summed E-state index contributed by atoms with van der Waals surface area (Å²) in [6, 6.07) is 0. The first kappa shape index (κ1) is 14.5. The van der Waals surface area contributed by atoms with Gasteiger partial charge < -0.3 is 10.2 Å². The third kappa shape index (κ3) is 2.05. The molecule has 0 heterocycles. The zero-order chi connectivity index (χ0) is 14.7. The lowest BCUT2D eigenvalue weighted by atomic mass is 9.39. The van der Waals surface area contributed by atoms with Crippen LogP contribution >= 0.6 is 0 Å². The Morgan fingerprint density at radius 2 is 1.62 bits per heavy atom. The Bertz CT molecular complexity index is 394. The van der Waals surface area contributed by atoms with E-state index in [4.69, 9.17) is 0 Å². The fourth-order valence-corrected chi connectivity index (χ4v) is 7.33. The van der Waals surface area contributed by atoms with Crippen LogP contribution in [0.3, 0.4) is 0 Å². The second-order valence-corrected chi connectivity index (χ2v) is 9.38. The molecule has 0 spiro atoms. The molecule has 3 atom stereocenters. The van der Waals surface area contributed by atoms with Crippen molar-refractivity contribution in [2.75, 3.05) is 6.61 Å². The van der Waals surface area contributed by atoms with Crippen LogP contribution < -0.4 is 0 Å². The maximum atomic E-state index is 11.6. The molecule has 0 aromatic rings. The van der Waals surface area contributed by atoms with Crippen molar-refractivity contribution < 1.29 is 10.2 Å². The second kappa shape index (κ2) is 4.71. The number of rotatable bonds is 3. The monoisotopic (exact) mass is 292 g/mol. The summed E-state index contributed by atoms with van der Waals surface area (Å²) in [6.07, 6.45) is 13.8. The quantitative estimate of drug-likeness (QED) is 0.828. The Morgan fingerprint density at radius 3 is 2.19 bits per heavy atom. The van der Waals surface area contributed by atoms with Crippen LogP contribution in [0.4, 0.5) is 0 Å². The van der Waals surface area contributed by atoms with Gasteiger partial charge in [0.2, 0.25) is 0 Å². The van der Waals surface area contributed by atoms with Crippen molar-refractivity contribution in [2.24, 2.45) is 28.6 Å². The summed E-state index contributed by atoms with van der Waals surface area (Å²) < 4.78 is 0. The minimum atomic E-state index is -0.508. The fraction of sp³-hybridized carbons (Fsp3) is 1.00. The van der Waals surface area contributed by atoms with E-state index in [-0.39, 0.29) is 10.8 Å². The van der Waals surface area contributed by atoms with Gasteiger partial charge in [0.1, 0.15) is 0 Å². The van der Waals surface area contributed by atoms with E-state index in [0.717, 1.165) is 18.3 Å². The highest BCUT2D eigenvalue weighted by Gasteiger charge is 2.64. The van der Waals surface area contributed by atoms with Crippen LogP contribution in [0.15, 0.2) is 0 Å². The summed E-state index contributed by atoms with van der Waals surface area (Å²) in [4.78, 5) is 0. The van der Waals surface area contributed by atoms with Gasteiger partial charge in [-0.3, -0.25) is 0 Å². The molecule has 120 valence electrons. The normalized spacial score (nSPS) is 49.3. The molecule has 4 bridgehead atoms. The van der Waals surface area contributed by atoms with Gasteiger partial charge in [-0.05, 0) is 81.5 Å². The van der Waals surface area contributed by atoms with Crippen LogP contribution in [0.25, 0.3) is 0 Å². The molecule has 2 N–H and O–H groups in total. The SMILES string of the molecule is CC(O)(C1CCCCC1)C12CC3CC(CC(CO)(C3)C1)C2. The highest BCUT2D eigenvalue weighted by atomic mass is 16.3. The molecule has 0 aromatic heterocycles. The molecule has 2 heteroatoms. The van der Waals surface area contributed by atoms with Gasteiger partial charge in [-0.15, -0.1) is 0 Å².